The Hall–Kier alpha value is -3.54. The lowest BCUT2D eigenvalue weighted by molar-refractivity contribution is -0.128. The molecule has 0 saturated carbocycles. The van der Waals surface area contributed by atoms with Crippen molar-refractivity contribution in [2.24, 2.45) is 0 Å². The molecule has 1 N–H and O–H groups in total. The predicted molar refractivity (Wildman–Crippen MR) is 124 cm³/mol. The molecule has 6 nitrogen and oxygen atoms in total. The molecule has 32 heavy (non-hydrogen) atoms. The minimum Gasteiger partial charge on any atom is -0.467 e. The molecule has 2 amide bonds. The van der Waals surface area contributed by atoms with Crippen molar-refractivity contribution >= 4 is 17.5 Å². The van der Waals surface area contributed by atoms with Gasteiger partial charge in [0, 0.05) is 31.7 Å². The minimum absolute atomic E-state index is 0.0656. The largest absolute Gasteiger partial charge is 0.467 e. The Balaban J connectivity index is 1.40. The standard InChI is InChI=1S/C26H29N3O3/c1-20-10-12-23(13-11-20)29(18-24-8-5-15-32-24)19-25(30)27-16-21-6-2-3-7-22(21)17-28-14-4-9-26(28)31/h2-3,5-8,10-13,15H,4,9,14,16-19H2,1H3,(H,27,30). The number of amides is 2. The molecule has 1 fully saturated rings. The van der Waals surface area contributed by atoms with Gasteiger partial charge in [0.25, 0.3) is 0 Å². The van der Waals surface area contributed by atoms with Crippen molar-refractivity contribution < 1.29 is 14.0 Å². The van der Waals surface area contributed by atoms with E-state index in [0.717, 1.165) is 35.5 Å². The summed E-state index contributed by atoms with van der Waals surface area (Å²) in [6.07, 6.45) is 3.19. The molecule has 6 heteroatoms. The van der Waals surface area contributed by atoms with E-state index in [-0.39, 0.29) is 18.4 Å². The third-order valence-electron chi connectivity index (χ3n) is 5.79. The Kier molecular flexibility index (Phi) is 6.90. The van der Waals surface area contributed by atoms with Crippen molar-refractivity contribution in [3.8, 4) is 0 Å². The van der Waals surface area contributed by atoms with Crippen molar-refractivity contribution in [2.45, 2.75) is 39.4 Å². The molecule has 0 radical (unpaired) electrons. The lowest BCUT2D eigenvalue weighted by atomic mass is 10.1. The van der Waals surface area contributed by atoms with Crippen molar-refractivity contribution in [3.63, 3.8) is 0 Å². The Morgan fingerprint density at radius 2 is 1.84 bits per heavy atom. The second kappa shape index (κ2) is 10.2. The van der Waals surface area contributed by atoms with Crippen LogP contribution in [0.2, 0.25) is 0 Å². The SMILES string of the molecule is Cc1ccc(N(CC(=O)NCc2ccccc2CN2CCCC2=O)Cc2ccco2)cc1. The summed E-state index contributed by atoms with van der Waals surface area (Å²) in [6.45, 7) is 4.60. The molecular formula is C26H29N3O3. The van der Waals surface area contributed by atoms with E-state index in [1.165, 1.54) is 5.56 Å². The molecule has 0 aliphatic carbocycles. The molecule has 0 bridgehead atoms. The zero-order chi connectivity index (χ0) is 22.3. The maximum atomic E-state index is 12.9. The van der Waals surface area contributed by atoms with Gasteiger partial charge in [-0.15, -0.1) is 0 Å². The zero-order valence-corrected chi connectivity index (χ0v) is 18.4. The number of hydrogen-bond donors (Lipinski definition) is 1. The maximum Gasteiger partial charge on any atom is 0.239 e. The minimum atomic E-state index is -0.0656. The van der Waals surface area contributed by atoms with E-state index in [4.69, 9.17) is 4.42 Å². The van der Waals surface area contributed by atoms with E-state index >= 15 is 0 Å². The van der Waals surface area contributed by atoms with Crippen LogP contribution in [0.15, 0.2) is 71.3 Å². The normalized spacial score (nSPS) is 13.4. The van der Waals surface area contributed by atoms with E-state index in [0.29, 0.717) is 26.1 Å². The van der Waals surface area contributed by atoms with Crippen LogP contribution in [-0.2, 0) is 29.2 Å². The van der Waals surface area contributed by atoms with Crippen LogP contribution in [0, 0.1) is 6.92 Å². The first-order chi connectivity index (χ1) is 15.6. The number of benzene rings is 2. The van der Waals surface area contributed by atoms with Crippen LogP contribution in [0.5, 0.6) is 0 Å². The van der Waals surface area contributed by atoms with Gasteiger partial charge in [0.05, 0.1) is 19.4 Å². The molecule has 2 heterocycles. The number of carbonyl (C=O) groups excluding carboxylic acids is 2. The number of carbonyl (C=O) groups is 2. The molecule has 1 aliphatic heterocycles. The molecule has 166 valence electrons. The van der Waals surface area contributed by atoms with Gasteiger partial charge >= 0.3 is 0 Å². The number of furan rings is 1. The molecule has 2 aromatic carbocycles. The molecule has 1 aromatic heterocycles. The fourth-order valence-electron chi connectivity index (χ4n) is 3.97. The molecule has 0 atom stereocenters. The maximum absolute atomic E-state index is 12.9. The number of nitrogens with one attached hydrogen (secondary N) is 1. The van der Waals surface area contributed by atoms with Gasteiger partial charge < -0.3 is 19.5 Å². The third-order valence-corrected chi connectivity index (χ3v) is 5.79. The van der Waals surface area contributed by atoms with E-state index in [1.807, 2.05) is 77.4 Å². The molecule has 0 unspecified atom stereocenters. The summed E-state index contributed by atoms with van der Waals surface area (Å²) in [5.74, 6) is 0.943. The second-order valence-electron chi connectivity index (χ2n) is 8.24. The zero-order valence-electron chi connectivity index (χ0n) is 18.4. The van der Waals surface area contributed by atoms with Crippen molar-refractivity contribution in [2.75, 3.05) is 18.0 Å². The Morgan fingerprint density at radius 3 is 2.53 bits per heavy atom. The van der Waals surface area contributed by atoms with Crippen LogP contribution >= 0.6 is 0 Å². The first-order valence-electron chi connectivity index (χ1n) is 11.0. The van der Waals surface area contributed by atoms with Crippen LogP contribution < -0.4 is 10.2 Å². The Labute approximate surface area is 188 Å². The summed E-state index contributed by atoms with van der Waals surface area (Å²) in [7, 11) is 0. The predicted octanol–water partition coefficient (Wildman–Crippen LogP) is 4.03. The van der Waals surface area contributed by atoms with E-state index in [9.17, 15) is 9.59 Å². The van der Waals surface area contributed by atoms with E-state index < -0.39 is 0 Å². The fraction of sp³-hybridized carbons (Fsp3) is 0.308. The van der Waals surface area contributed by atoms with Crippen molar-refractivity contribution in [1.82, 2.24) is 10.2 Å². The Morgan fingerprint density at radius 1 is 1.06 bits per heavy atom. The molecule has 4 rings (SSSR count). The van der Waals surface area contributed by atoms with Crippen LogP contribution in [0.3, 0.4) is 0 Å². The number of hydrogen-bond acceptors (Lipinski definition) is 4. The highest BCUT2D eigenvalue weighted by atomic mass is 16.3. The number of rotatable bonds is 9. The van der Waals surface area contributed by atoms with Crippen LogP contribution in [0.1, 0.15) is 35.3 Å². The summed E-state index contributed by atoms with van der Waals surface area (Å²) in [5, 5.41) is 3.05. The molecule has 3 aromatic rings. The summed E-state index contributed by atoms with van der Waals surface area (Å²) in [5.41, 5.74) is 4.25. The average molecular weight is 432 g/mol. The van der Waals surface area contributed by atoms with Gasteiger partial charge in [-0.1, -0.05) is 42.0 Å². The van der Waals surface area contributed by atoms with Crippen molar-refractivity contribution in [3.05, 3.63) is 89.4 Å². The van der Waals surface area contributed by atoms with Crippen LogP contribution in [0.25, 0.3) is 0 Å². The number of likely N-dealkylation sites (tertiary alicyclic amines) is 1. The smallest absolute Gasteiger partial charge is 0.239 e. The average Bonchev–Trinajstić information content (AvgIpc) is 3.45. The topological polar surface area (TPSA) is 65.8 Å². The quantitative estimate of drug-likeness (QED) is 0.556. The fourth-order valence-corrected chi connectivity index (χ4v) is 3.97. The van der Waals surface area contributed by atoms with Gasteiger partial charge in [0.15, 0.2) is 0 Å². The Bertz CT molecular complexity index is 1040. The lowest BCUT2D eigenvalue weighted by Crippen LogP contribution is -2.37. The van der Waals surface area contributed by atoms with Gasteiger partial charge in [0.1, 0.15) is 5.76 Å². The highest BCUT2D eigenvalue weighted by Crippen LogP contribution is 2.19. The van der Waals surface area contributed by atoms with Gasteiger partial charge in [-0.05, 0) is 48.7 Å². The highest BCUT2D eigenvalue weighted by Gasteiger charge is 2.21. The van der Waals surface area contributed by atoms with Gasteiger partial charge in [-0.3, -0.25) is 9.59 Å². The number of aryl methyl sites for hydroxylation is 1. The summed E-state index contributed by atoms with van der Waals surface area (Å²) in [4.78, 5) is 28.8. The van der Waals surface area contributed by atoms with E-state index in [2.05, 4.69) is 5.32 Å². The van der Waals surface area contributed by atoms with Gasteiger partial charge in [0.2, 0.25) is 11.8 Å². The lowest BCUT2D eigenvalue weighted by Gasteiger charge is -2.24. The van der Waals surface area contributed by atoms with E-state index in [1.54, 1.807) is 6.26 Å². The first kappa shape index (κ1) is 21.7. The first-order valence-corrected chi connectivity index (χ1v) is 11.0. The van der Waals surface area contributed by atoms with Gasteiger partial charge in [-0.25, -0.2) is 0 Å². The molecule has 1 aliphatic rings. The molecule has 0 spiro atoms. The summed E-state index contributed by atoms with van der Waals surface area (Å²) in [6, 6.07) is 19.9. The summed E-state index contributed by atoms with van der Waals surface area (Å²) < 4.78 is 5.50. The third kappa shape index (κ3) is 5.58. The number of nitrogens with zero attached hydrogens (tertiary/aromatic N) is 2. The highest BCUT2D eigenvalue weighted by molar-refractivity contribution is 5.81. The van der Waals surface area contributed by atoms with Crippen LogP contribution in [-0.4, -0.2) is 29.8 Å². The molecule has 1 saturated heterocycles. The molecular weight excluding hydrogens is 402 g/mol. The van der Waals surface area contributed by atoms with Crippen molar-refractivity contribution in [1.29, 1.82) is 0 Å². The second-order valence-corrected chi connectivity index (χ2v) is 8.24. The van der Waals surface area contributed by atoms with Crippen LogP contribution in [0.4, 0.5) is 5.69 Å². The number of anilines is 1. The summed E-state index contributed by atoms with van der Waals surface area (Å²) >= 11 is 0. The monoisotopic (exact) mass is 431 g/mol. The van der Waals surface area contributed by atoms with Gasteiger partial charge in [-0.2, -0.15) is 0 Å².